The van der Waals surface area contributed by atoms with Gasteiger partial charge in [0.05, 0.1) is 17.4 Å². The summed E-state index contributed by atoms with van der Waals surface area (Å²) in [6, 6.07) is 21.2. The molecule has 0 aromatic heterocycles. The van der Waals surface area contributed by atoms with Crippen LogP contribution < -0.4 is 19.9 Å². The van der Waals surface area contributed by atoms with Crippen LogP contribution in [0.5, 0.6) is 5.75 Å². The van der Waals surface area contributed by atoms with E-state index in [4.69, 9.17) is 4.74 Å². The second-order valence-electron chi connectivity index (χ2n) is 9.64. The number of ether oxygens (including phenoxy) is 1. The highest BCUT2D eigenvalue weighted by Crippen LogP contribution is 2.45. The monoisotopic (exact) mass is 486 g/mol. The molecule has 0 unspecified atom stereocenters. The molecular weight excluding hydrogens is 459 g/mol. The number of fused-ring (bicyclic) bond motifs is 4. The minimum atomic E-state index is -0.881. The van der Waals surface area contributed by atoms with Crippen molar-refractivity contribution in [2.45, 2.75) is 25.1 Å². The number of carbonyl (C=O) groups is 2. The Morgan fingerprint density at radius 2 is 1.75 bits per heavy atom. The number of rotatable bonds is 3. The van der Waals surface area contributed by atoms with Gasteiger partial charge in [-0.25, -0.2) is 9.18 Å². The summed E-state index contributed by atoms with van der Waals surface area (Å²) >= 11 is 0. The smallest absolute Gasteiger partial charge is 0.325 e. The van der Waals surface area contributed by atoms with Crippen LogP contribution in [0.1, 0.15) is 35.3 Å². The zero-order valence-corrected chi connectivity index (χ0v) is 20.0. The van der Waals surface area contributed by atoms with E-state index in [2.05, 4.69) is 5.32 Å². The summed E-state index contributed by atoms with van der Waals surface area (Å²) in [5.74, 6) is 0.384. The number of urea groups is 1. The molecule has 3 amide bonds. The highest BCUT2D eigenvalue weighted by molar-refractivity contribution is 5.99. The molecule has 3 aliphatic rings. The molecule has 0 saturated carbocycles. The Bertz CT molecular complexity index is 1340. The lowest BCUT2D eigenvalue weighted by atomic mass is 9.90. The van der Waals surface area contributed by atoms with Gasteiger partial charge >= 0.3 is 6.03 Å². The molecule has 2 atom stereocenters. The zero-order chi connectivity index (χ0) is 24.9. The van der Waals surface area contributed by atoms with Gasteiger partial charge in [-0.05, 0) is 43.3 Å². The van der Waals surface area contributed by atoms with Crippen molar-refractivity contribution in [3.8, 4) is 5.75 Å². The zero-order valence-electron chi connectivity index (χ0n) is 20.0. The van der Waals surface area contributed by atoms with Gasteiger partial charge in [-0.3, -0.25) is 9.69 Å². The van der Waals surface area contributed by atoms with Crippen LogP contribution >= 0.6 is 0 Å². The molecule has 8 heteroatoms. The number of anilines is 2. The van der Waals surface area contributed by atoms with E-state index in [0.717, 1.165) is 11.3 Å². The molecule has 0 radical (unpaired) electrons. The standard InChI is InChI=1S/C28H27FN4O3/c1-28-18-23(21-9-2-5-12-25(21)36-28)30-27(35)33(28)20-8-6-7-19(17-20)26(34)32-15-13-31(14-16-32)24-11-4-3-10-22(24)29/h2-12,17,23H,13-16,18H2,1H3,(H,30,35)/t23-,28-/m0/s1. The van der Waals surface area contributed by atoms with E-state index < -0.39 is 5.72 Å². The molecule has 184 valence electrons. The lowest BCUT2D eigenvalue weighted by Crippen LogP contribution is -2.65. The topological polar surface area (TPSA) is 65.1 Å². The third-order valence-electron chi connectivity index (χ3n) is 7.29. The maximum atomic E-state index is 14.2. The molecule has 2 bridgehead atoms. The third kappa shape index (κ3) is 3.73. The first-order chi connectivity index (χ1) is 17.4. The Kier molecular flexibility index (Phi) is 5.32. The van der Waals surface area contributed by atoms with Gasteiger partial charge in [0.15, 0.2) is 5.72 Å². The van der Waals surface area contributed by atoms with Crippen LogP contribution in [0.2, 0.25) is 0 Å². The summed E-state index contributed by atoms with van der Waals surface area (Å²) in [5, 5.41) is 3.09. The van der Waals surface area contributed by atoms with Gasteiger partial charge in [0.1, 0.15) is 11.6 Å². The van der Waals surface area contributed by atoms with Crippen molar-refractivity contribution >= 4 is 23.3 Å². The number of hydrogen-bond donors (Lipinski definition) is 1. The fourth-order valence-electron chi connectivity index (χ4n) is 5.53. The second kappa shape index (κ2) is 8.55. The maximum absolute atomic E-state index is 14.2. The fourth-order valence-corrected chi connectivity index (χ4v) is 5.53. The van der Waals surface area contributed by atoms with Gasteiger partial charge in [-0.2, -0.15) is 0 Å². The average Bonchev–Trinajstić information content (AvgIpc) is 2.88. The Balaban J connectivity index is 1.21. The van der Waals surface area contributed by atoms with Crippen molar-refractivity contribution in [1.29, 1.82) is 0 Å². The summed E-state index contributed by atoms with van der Waals surface area (Å²) in [5.41, 5.74) is 1.75. The average molecular weight is 487 g/mol. The summed E-state index contributed by atoms with van der Waals surface area (Å²) in [4.78, 5) is 31.9. The highest BCUT2D eigenvalue weighted by Gasteiger charge is 2.49. The summed E-state index contributed by atoms with van der Waals surface area (Å²) in [6.07, 6.45) is 0.589. The lowest BCUT2D eigenvalue weighted by molar-refractivity contribution is 0.0378. The Morgan fingerprint density at radius 1 is 1.00 bits per heavy atom. The van der Waals surface area contributed by atoms with Gasteiger partial charge < -0.3 is 19.9 Å². The number of hydrogen-bond acceptors (Lipinski definition) is 4. The molecule has 7 nitrogen and oxygen atoms in total. The van der Waals surface area contributed by atoms with Crippen LogP contribution in [-0.2, 0) is 0 Å². The van der Waals surface area contributed by atoms with Crippen molar-refractivity contribution in [2.24, 2.45) is 0 Å². The van der Waals surface area contributed by atoms with Crippen molar-refractivity contribution in [2.75, 3.05) is 36.0 Å². The first kappa shape index (κ1) is 22.4. The first-order valence-electron chi connectivity index (χ1n) is 12.2. The summed E-state index contributed by atoms with van der Waals surface area (Å²) in [6.45, 7) is 3.98. The van der Waals surface area contributed by atoms with Gasteiger partial charge in [-0.1, -0.05) is 36.4 Å². The number of piperazine rings is 1. The predicted octanol–water partition coefficient (Wildman–Crippen LogP) is 4.56. The van der Waals surface area contributed by atoms with E-state index >= 15 is 0 Å². The van der Waals surface area contributed by atoms with Crippen molar-refractivity contribution < 1.29 is 18.7 Å². The largest absolute Gasteiger partial charge is 0.467 e. The van der Waals surface area contributed by atoms with Crippen LogP contribution in [0, 0.1) is 5.82 Å². The number of nitrogens with one attached hydrogen (secondary N) is 1. The number of carbonyl (C=O) groups excluding carboxylic acids is 2. The van der Waals surface area contributed by atoms with E-state index in [9.17, 15) is 14.0 Å². The Hall–Kier alpha value is -4.07. The quantitative estimate of drug-likeness (QED) is 0.590. The number of benzene rings is 3. The molecule has 3 aliphatic heterocycles. The molecule has 2 fully saturated rings. The van der Waals surface area contributed by atoms with Crippen LogP contribution in [0.3, 0.4) is 0 Å². The number of amides is 3. The minimum absolute atomic E-state index is 0.111. The fraction of sp³-hybridized carbons (Fsp3) is 0.286. The number of para-hydroxylation sites is 2. The molecule has 2 saturated heterocycles. The van der Waals surface area contributed by atoms with E-state index in [1.54, 1.807) is 40.1 Å². The van der Waals surface area contributed by atoms with Gasteiger partial charge in [0.2, 0.25) is 0 Å². The Labute approximate surface area is 209 Å². The molecule has 0 aliphatic carbocycles. The lowest BCUT2D eigenvalue weighted by Gasteiger charge is -2.50. The molecule has 3 heterocycles. The van der Waals surface area contributed by atoms with E-state index in [1.807, 2.05) is 48.2 Å². The minimum Gasteiger partial charge on any atom is -0.467 e. The molecule has 3 aromatic carbocycles. The molecule has 1 N–H and O–H groups in total. The molecule has 3 aromatic rings. The highest BCUT2D eigenvalue weighted by atomic mass is 19.1. The van der Waals surface area contributed by atoms with Crippen molar-refractivity contribution in [3.05, 3.63) is 89.7 Å². The summed E-state index contributed by atoms with van der Waals surface area (Å²) in [7, 11) is 0. The number of halogens is 1. The molecule has 6 rings (SSSR count). The van der Waals surface area contributed by atoms with E-state index in [-0.39, 0.29) is 23.8 Å². The number of nitrogens with zero attached hydrogens (tertiary/aromatic N) is 3. The SMILES string of the molecule is C[C@]12C[C@H](NC(=O)N1c1cccc(C(=O)N3CCN(c4ccccc4F)CC3)c1)c1ccccc1O2. The van der Waals surface area contributed by atoms with Gasteiger partial charge in [0.25, 0.3) is 5.91 Å². The molecule has 0 spiro atoms. The first-order valence-corrected chi connectivity index (χ1v) is 12.2. The van der Waals surface area contributed by atoms with Crippen LogP contribution in [-0.4, -0.2) is 48.7 Å². The molecule has 36 heavy (non-hydrogen) atoms. The van der Waals surface area contributed by atoms with Crippen molar-refractivity contribution in [3.63, 3.8) is 0 Å². The van der Waals surface area contributed by atoms with Crippen LogP contribution in [0.15, 0.2) is 72.8 Å². The van der Waals surface area contributed by atoms with Crippen molar-refractivity contribution in [1.82, 2.24) is 10.2 Å². The van der Waals surface area contributed by atoms with E-state index in [1.165, 1.54) is 6.07 Å². The Morgan fingerprint density at radius 3 is 2.56 bits per heavy atom. The van der Waals surface area contributed by atoms with Crippen LogP contribution in [0.25, 0.3) is 0 Å². The predicted molar refractivity (Wildman–Crippen MR) is 135 cm³/mol. The second-order valence-corrected chi connectivity index (χ2v) is 9.64. The normalized spacial score (nSPS) is 23.0. The third-order valence-corrected chi connectivity index (χ3v) is 7.29. The van der Waals surface area contributed by atoms with Gasteiger partial charge in [0, 0.05) is 43.7 Å². The van der Waals surface area contributed by atoms with E-state index in [0.29, 0.717) is 49.5 Å². The van der Waals surface area contributed by atoms with Gasteiger partial charge in [-0.15, -0.1) is 0 Å². The van der Waals surface area contributed by atoms with Crippen LogP contribution in [0.4, 0.5) is 20.6 Å². The summed E-state index contributed by atoms with van der Waals surface area (Å²) < 4.78 is 20.5. The molecular formula is C28H27FN4O3. The maximum Gasteiger partial charge on any atom is 0.325 e.